The van der Waals surface area contributed by atoms with Crippen molar-refractivity contribution in [3.05, 3.63) is 0 Å². The van der Waals surface area contributed by atoms with Gasteiger partial charge in [0.1, 0.15) is 0 Å². The number of hydrogen-bond acceptors (Lipinski definition) is 1. The minimum Gasteiger partial charge on any atom is -0.316 e. The molecule has 0 atom stereocenters. The third-order valence-corrected chi connectivity index (χ3v) is 5.07. The Kier molecular flexibility index (Phi) is 5.70. The average Bonchev–Trinajstić information content (AvgIpc) is 2.28. The fourth-order valence-electron chi connectivity index (χ4n) is 2.97. The lowest BCUT2D eigenvalue weighted by Crippen LogP contribution is -2.35. The van der Waals surface area contributed by atoms with Crippen LogP contribution in [0.3, 0.4) is 0 Å². The van der Waals surface area contributed by atoms with Gasteiger partial charge in [-0.2, -0.15) is 0 Å². The zero-order chi connectivity index (χ0) is 13.8. The second kappa shape index (κ2) is 6.41. The van der Waals surface area contributed by atoms with Gasteiger partial charge in [0.25, 0.3) is 0 Å². The normalized spacial score (nSPS) is 26.3. The molecule has 108 valence electrons. The van der Waals surface area contributed by atoms with Crippen LogP contribution in [0.25, 0.3) is 0 Å². The van der Waals surface area contributed by atoms with Crippen LogP contribution >= 0.6 is 0 Å². The first-order valence-electron chi connectivity index (χ1n) is 7.95. The SMILES string of the molecule is CCC(C)(C)CNCC1CCC(C(C)(C)C)CC1. The molecule has 0 aliphatic heterocycles. The van der Waals surface area contributed by atoms with Gasteiger partial charge < -0.3 is 5.32 Å². The summed E-state index contributed by atoms with van der Waals surface area (Å²) >= 11 is 0. The maximum atomic E-state index is 3.70. The Balaban J connectivity index is 2.20. The molecule has 0 amide bonds. The van der Waals surface area contributed by atoms with Crippen molar-refractivity contribution in [2.45, 2.75) is 73.6 Å². The molecular weight excluding hydrogens is 218 g/mol. The van der Waals surface area contributed by atoms with Gasteiger partial charge in [-0.05, 0) is 61.3 Å². The van der Waals surface area contributed by atoms with E-state index in [1.807, 2.05) is 0 Å². The van der Waals surface area contributed by atoms with Crippen LogP contribution in [-0.2, 0) is 0 Å². The summed E-state index contributed by atoms with van der Waals surface area (Å²) in [7, 11) is 0. The fraction of sp³-hybridized carbons (Fsp3) is 1.00. The van der Waals surface area contributed by atoms with Gasteiger partial charge in [0, 0.05) is 6.54 Å². The van der Waals surface area contributed by atoms with E-state index in [0.29, 0.717) is 10.8 Å². The number of hydrogen-bond donors (Lipinski definition) is 1. The lowest BCUT2D eigenvalue weighted by molar-refractivity contribution is 0.147. The summed E-state index contributed by atoms with van der Waals surface area (Å²) in [5, 5.41) is 3.70. The summed E-state index contributed by atoms with van der Waals surface area (Å²) in [5.74, 6) is 1.87. The van der Waals surface area contributed by atoms with Crippen molar-refractivity contribution in [2.24, 2.45) is 22.7 Å². The first-order chi connectivity index (χ1) is 8.24. The molecule has 1 rings (SSSR count). The van der Waals surface area contributed by atoms with Crippen molar-refractivity contribution in [2.75, 3.05) is 13.1 Å². The van der Waals surface area contributed by atoms with Crippen molar-refractivity contribution >= 4 is 0 Å². The fourth-order valence-corrected chi connectivity index (χ4v) is 2.97. The molecule has 0 bridgehead atoms. The van der Waals surface area contributed by atoms with Crippen LogP contribution in [-0.4, -0.2) is 13.1 Å². The smallest absolute Gasteiger partial charge is 0.000253 e. The van der Waals surface area contributed by atoms with Gasteiger partial charge in [0.15, 0.2) is 0 Å². The molecule has 0 aromatic rings. The van der Waals surface area contributed by atoms with Crippen molar-refractivity contribution in [1.29, 1.82) is 0 Å². The van der Waals surface area contributed by atoms with Gasteiger partial charge in [-0.3, -0.25) is 0 Å². The molecule has 0 saturated heterocycles. The van der Waals surface area contributed by atoms with Crippen molar-refractivity contribution < 1.29 is 0 Å². The van der Waals surface area contributed by atoms with Gasteiger partial charge in [-0.25, -0.2) is 0 Å². The standard InChI is InChI=1S/C17H35N/c1-7-17(5,6)13-18-12-14-8-10-15(11-9-14)16(2,3)4/h14-15,18H,7-13H2,1-6H3. The zero-order valence-corrected chi connectivity index (χ0v) is 13.6. The minimum atomic E-state index is 0.461. The third-order valence-electron chi connectivity index (χ3n) is 5.07. The van der Waals surface area contributed by atoms with Gasteiger partial charge in [-0.15, -0.1) is 0 Å². The quantitative estimate of drug-likeness (QED) is 0.737. The maximum Gasteiger partial charge on any atom is 0.000253 e. The van der Waals surface area contributed by atoms with Crippen LogP contribution in [0.2, 0.25) is 0 Å². The summed E-state index contributed by atoms with van der Waals surface area (Å²) in [6, 6.07) is 0. The summed E-state index contributed by atoms with van der Waals surface area (Å²) in [5.41, 5.74) is 0.977. The molecule has 1 nitrogen and oxygen atoms in total. The molecule has 0 unspecified atom stereocenters. The van der Waals surface area contributed by atoms with E-state index in [9.17, 15) is 0 Å². The lowest BCUT2D eigenvalue weighted by Gasteiger charge is -2.37. The van der Waals surface area contributed by atoms with Crippen LogP contribution in [0.4, 0.5) is 0 Å². The van der Waals surface area contributed by atoms with E-state index in [2.05, 4.69) is 46.9 Å². The topological polar surface area (TPSA) is 12.0 Å². The molecule has 1 aliphatic rings. The second-order valence-corrected chi connectivity index (χ2v) is 8.23. The molecule has 1 N–H and O–H groups in total. The molecule has 1 aliphatic carbocycles. The minimum absolute atomic E-state index is 0.461. The number of rotatable bonds is 5. The van der Waals surface area contributed by atoms with Crippen LogP contribution in [0, 0.1) is 22.7 Å². The highest BCUT2D eigenvalue weighted by atomic mass is 14.9. The summed E-state index contributed by atoms with van der Waals surface area (Å²) in [6.45, 7) is 16.6. The Hall–Kier alpha value is -0.0400. The van der Waals surface area contributed by atoms with Crippen molar-refractivity contribution in [1.82, 2.24) is 5.32 Å². The molecule has 0 radical (unpaired) electrons. The van der Waals surface area contributed by atoms with Crippen LogP contribution in [0.5, 0.6) is 0 Å². The van der Waals surface area contributed by atoms with Crippen LogP contribution < -0.4 is 5.32 Å². The van der Waals surface area contributed by atoms with E-state index in [1.165, 1.54) is 45.2 Å². The summed E-state index contributed by atoms with van der Waals surface area (Å²) < 4.78 is 0. The van der Waals surface area contributed by atoms with E-state index in [4.69, 9.17) is 0 Å². The van der Waals surface area contributed by atoms with Crippen LogP contribution in [0.1, 0.15) is 73.6 Å². The third kappa shape index (κ3) is 5.30. The Morgan fingerprint density at radius 2 is 1.50 bits per heavy atom. The molecule has 0 aromatic heterocycles. The zero-order valence-electron chi connectivity index (χ0n) is 13.6. The van der Waals surface area contributed by atoms with E-state index >= 15 is 0 Å². The van der Waals surface area contributed by atoms with Gasteiger partial charge in [0.2, 0.25) is 0 Å². The highest BCUT2D eigenvalue weighted by molar-refractivity contribution is 4.81. The molecule has 18 heavy (non-hydrogen) atoms. The molecular formula is C17H35N. The average molecular weight is 253 g/mol. The first-order valence-corrected chi connectivity index (χ1v) is 7.95. The molecule has 0 aromatic carbocycles. The van der Waals surface area contributed by atoms with E-state index in [1.54, 1.807) is 0 Å². The Bertz CT molecular complexity index is 228. The van der Waals surface area contributed by atoms with Gasteiger partial charge in [0.05, 0.1) is 0 Å². The monoisotopic (exact) mass is 253 g/mol. The maximum absolute atomic E-state index is 3.70. The summed E-state index contributed by atoms with van der Waals surface area (Å²) in [4.78, 5) is 0. The molecule has 1 fully saturated rings. The van der Waals surface area contributed by atoms with E-state index < -0.39 is 0 Å². The Labute approximate surface area is 115 Å². The van der Waals surface area contributed by atoms with Crippen molar-refractivity contribution in [3.8, 4) is 0 Å². The second-order valence-electron chi connectivity index (χ2n) is 8.23. The predicted molar refractivity (Wildman–Crippen MR) is 81.8 cm³/mol. The number of nitrogens with one attached hydrogen (secondary N) is 1. The van der Waals surface area contributed by atoms with Gasteiger partial charge >= 0.3 is 0 Å². The Morgan fingerprint density at radius 3 is 1.94 bits per heavy atom. The molecule has 1 saturated carbocycles. The highest BCUT2D eigenvalue weighted by Crippen LogP contribution is 2.39. The largest absolute Gasteiger partial charge is 0.316 e. The Morgan fingerprint density at radius 1 is 0.944 bits per heavy atom. The molecule has 1 heteroatoms. The first kappa shape index (κ1) is 16.0. The van der Waals surface area contributed by atoms with Crippen molar-refractivity contribution in [3.63, 3.8) is 0 Å². The lowest BCUT2D eigenvalue weighted by atomic mass is 9.70. The summed E-state index contributed by atoms with van der Waals surface area (Å²) in [6.07, 6.45) is 7.00. The van der Waals surface area contributed by atoms with E-state index in [-0.39, 0.29) is 0 Å². The molecule has 0 heterocycles. The molecule has 0 spiro atoms. The van der Waals surface area contributed by atoms with Gasteiger partial charge in [-0.1, -0.05) is 41.5 Å². The highest BCUT2D eigenvalue weighted by Gasteiger charge is 2.29. The predicted octanol–water partition coefficient (Wildman–Crippen LogP) is 4.86. The van der Waals surface area contributed by atoms with E-state index in [0.717, 1.165) is 11.8 Å². The van der Waals surface area contributed by atoms with Crippen LogP contribution in [0.15, 0.2) is 0 Å².